The lowest BCUT2D eigenvalue weighted by molar-refractivity contribution is 0.0998. The standard InChI is InChI=1S/C27H25N3O3S2/c1-4-17-30-24-16-11-20(5-2)18-25(24)34-27(30)28-26(31)22-12-14-23(15-13-22)35(32,33)29(3)19-21-9-7-6-8-10-21/h1,6-16,18H,5,17,19H2,2-3H3. The molecular formula is C27H25N3O3S2. The van der Waals surface area contributed by atoms with Gasteiger partial charge in [-0.15, -0.1) is 6.42 Å². The first-order valence-corrected chi connectivity index (χ1v) is 13.3. The molecule has 0 aliphatic heterocycles. The molecular weight excluding hydrogens is 478 g/mol. The first-order chi connectivity index (χ1) is 16.8. The zero-order valence-electron chi connectivity index (χ0n) is 19.5. The minimum absolute atomic E-state index is 0.115. The van der Waals surface area contributed by atoms with E-state index < -0.39 is 15.9 Å². The Morgan fingerprint density at radius 2 is 1.77 bits per heavy atom. The molecule has 0 saturated carbocycles. The maximum Gasteiger partial charge on any atom is 0.279 e. The van der Waals surface area contributed by atoms with E-state index in [1.165, 1.54) is 52.5 Å². The molecule has 0 aliphatic carbocycles. The van der Waals surface area contributed by atoms with Crippen molar-refractivity contribution in [2.45, 2.75) is 31.3 Å². The van der Waals surface area contributed by atoms with Gasteiger partial charge in [0.15, 0.2) is 4.80 Å². The summed E-state index contributed by atoms with van der Waals surface area (Å²) in [6, 6.07) is 21.3. The molecule has 4 aromatic rings. The average Bonchev–Trinajstić information content (AvgIpc) is 3.20. The molecule has 6 nitrogen and oxygen atoms in total. The van der Waals surface area contributed by atoms with E-state index in [9.17, 15) is 13.2 Å². The SMILES string of the molecule is C#CCn1c(=NC(=O)c2ccc(S(=O)(=O)N(C)Cc3ccccc3)cc2)sc2cc(CC)ccc21. The molecule has 0 bridgehead atoms. The highest BCUT2D eigenvalue weighted by Crippen LogP contribution is 2.21. The van der Waals surface area contributed by atoms with E-state index >= 15 is 0 Å². The summed E-state index contributed by atoms with van der Waals surface area (Å²) in [6.07, 6.45) is 6.46. The number of carbonyl (C=O) groups excluding carboxylic acids is 1. The summed E-state index contributed by atoms with van der Waals surface area (Å²) >= 11 is 1.41. The second-order valence-corrected chi connectivity index (χ2v) is 11.1. The maximum absolute atomic E-state index is 13.0. The second kappa shape index (κ2) is 10.4. The summed E-state index contributed by atoms with van der Waals surface area (Å²) in [5.41, 5.74) is 3.31. The first-order valence-electron chi connectivity index (χ1n) is 11.1. The smallest absolute Gasteiger partial charge is 0.279 e. The zero-order chi connectivity index (χ0) is 25.0. The van der Waals surface area contributed by atoms with Crippen LogP contribution in [0, 0.1) is 12.3 Å². The lowest BCUT2D eigenvalue weighted by Crippen LogP contribution is -2.26. The van der Waals surface area contributed by atoms with Gasteiger partial charge in [0.05, 0.1) is 21.7 Å². The van der Waals surface area contributed by atoms with E-state index in [1.807, 2.05) is 47.0 Å². The molecule has 0 radical (unpaired) electrons. The highest BCUT2D eigenvalue weighted by atomic mass is 32.2. The van der Waals surface area contributed by atoms with Crippen LogP contribution in [0.2, 0.25) is 0 Å². The highest BCUT2D eigenvalue weighted by molar-refractivity contribution is 7.89. The van der Waals surface area contributed by atoms with Gasteiger partial charge in [-0.25, -0.2) is 8.42 Å². The van der Waals surface area contributed by atoms with Gasteiger partial charge in [0.2, 0.25) is 10.0 Å². The number of aryl methyl sites for hydroxylation is 1. The molecule has 0 saturated heterocycles. The molecule has 3 aromatic carbocycles. The highest BCUT2D eigenvalue weighted by Gasteiger charge is 2.21. The number of benzene rings is 3. The summed E-state index contributed by atoms with van der Waals surface area (Å²) in [7, 11) is -2.18. The topological polar surface area (TPSA) is 71.7 Å². The third-order valence-corrected chi connectivity index (χ3v) is 8.52. The summed E-state index contributed by atoms with van der Waals surface area (Å²) in [6.45, 7) is 2.63. The number of hydrogen-bond acceptors (Lipinski definition) is 4. The number of carbonyl (C=O) groups is 1. The number of amides is 1. The van der Waals surface area contributed by atoms with Crippen molar-refractivity contribution in [1.82, 2.24) is 8.87 Å². The molecule has 0 unspecified atom stereocenters. The van der Waals surface area contributed by atoms with Gasteiger partial charge in [0.1, 0.15) is 0 Å². The summed E-state index contributed by atoms with van der Waals surface area (Å²) in [5, 5.41) is 0. The van der Waals surface area contributed by atoms with Gasteiger partial charge in [-0.2, -0.15) is 9.30 Å². The van der Waals surface area contributed by atoms with Crippen LogP contribution < -0.4 is 4.80 Å². The Bertz CT molecular complexity index is 1580. The van der Waals surface area contributed by atoms with E-state index in [0.717, 1.165) is 22.2 Å². The van der Waals surface area contributed by atoms with Crippen molar-refractivity contribution in [3.63, 3.8) is 0 Å². The Kier molecular flexibility index (Phi) is 7.31. The van der Waals surface area contributed by atoms with Crippen LogP contribution in [0.4, 0.5) is 0 Å². The molecule has 1 heterocycles. The lowest BCUT2D eigenvalue weighted by Gasteiger charge is -2.17. The fourth-order valence-electron chi connectivity index (χ4n) is 3.69. The third-order valence-electron chi connectivity index (χ3n) is 5.66. The van der Waals surface area contributed by atoms with Crippen LogP contribution in [0.1, 0.15) is 28.4 Å². The zero-order valence-corrected chi connectivity index (χ0v) is 21.1. The Balaban J connectivity index is 1.61. The van der Waals surface area contributed by atoms with Crippen molar-refractivity contribution < 1.29 is 13.2 Å². The average molecular weight is 504 g/mol. The van der Waals surface area contributed by atoms with E-state index in [2.05, 4.69) is 23.9 Å². The first kappa shape index (κ1) is 24.6. The number of nitrogens with zero attached hydrogens (tertiary/aromatic N) is 3. The van der Waals surface area contributed by atoms with Crippen molar-refractivity contribution in [1.29, 1.82) is 0 Å². The number of thiazole rings is 1. The Labute approximate surface area is 209 Å². The van der Waals surface area contributed by atoms with Crippen molar-refractivity contribution in [2.75, 3.05) is 7.05 Å². The summed E-state index contributed by atoms with van der Waals surface area (Å²) in [5.74, 6) is 2.16. The van der Waals surface area contributed by atoms with Gasteiger partial charge in [0, 0.05) is 19.2 Å². The maximum atomic E-state index is 13.0. The molecule has 0 aliphatic rings. The fourth-order valence-corrected chi connectivity index (χ4v) is 5.94. The van der Waals surface area contributed by atoms with Crippen molar-refractivity contribution in [2.24, 2.45) is 4.99 Å². The van der Waals surface area contributed by atoms with Crippen LogP contribution in [-0.4, -0.2) is 30.2 Å². The number of terminal acetylenes is 1. The van der Waals surface area contributed by atoms with Gasteiger partial charge in [-0.1, -0.05) is 60.6 Å². The van der Waals surface area contributed by atoms with Crippen molar-refractivity contribution >= 4 is 37.5 Å². The van der Waals surface area contributed by atoms with Gasteiger partial charge in [0.25, 0.3) is 5.91 Å². The number of rotatable bonds is 7. The fraction of sp³-hybridized carbons (Fsp3) is 0.185. The minimum Gasteiger partial charge on any atom is -0.305 e. The second-order valence-electron chi connectivity index (χ2n) is 8.02. The van der Waals surface area contributed by atoms with Crippen molar-refractivity contribution in [3.8, 4) is 12.3 Å². The number of fused-ring (bicyclic) bond motifs is 1. The molecule has 1 aromatic heterocycles. The van der Waals surface area contributed by atoms with Gasteiger partial charge >= 0.3 is 0 Å². The Morgan fingerprint density at radius 3 is 2.43 bits per heavy atom. The van der Waals surface area contributed by atoms with Gasteiger partial charge in [-0.05, 0) is 53.9 Å². The molecule has 4 rings (SSSR count). The van der Waals surface area contributed by atoms with E-state index in [-0.39, 0.29) is 11.4 Å². The Hall–Kier alpha value is -3.51. The summed E-state index contributed by atoms with van der Waals surface area (Å²) in [4.78, 5) is 17.9. The molecule has 1 amide bonds. The van der Waals surface area contributed by atoms with Gasteiger partial charge in [-0.3, -0.25) is 4.79 Å². The van der Waals surface area contributed by atoms with Crippen LogP contribution in [0.5, 0.6) is 0 Å². The lowest BCUT2D eigenvalue weighted by atomic mass is 10.2. The molecule has 8 heteroatoms. The van der Waals surface area contributed by atoms with Crippen LogP contribution in [0.3, 0.4) is 0 Å². The van der Waals surface area contributed by atoms with E-state index in [4.69, 9.17) is 6.42 Å². The molecule has 35 heavy (non-hydrogen) atoms. The predicted molar refractivity (Wildman–Crippen MR) is 139 cm³/mol. The molecule has 0 atom stereocenters. The van der Waals surface area contributed by atoms with Crippen molar-refractivity contribution in [3.05, 3.63) is 94.3 Å². The van der Waals surface area contributed by atoms with Crippen LogP contribution in [-0.2, 0) is 29.5 Å². The quantitative estimate of drug-likeness (QED) is 0.350. The number of hydrogen-bond donors (Lipinski definition) is 0. The number of sulfonamides is 1. The largest absolute Gasteiger partial charge is 0.305 e. The molecule has 0 fully saturated rings. The molecule has 178 valence electrons. The van der Waals surface area contributed by atoms with Crippen LogP contribution in [0.25, 0.3) is 10.2 Å². The molecule has 0 spiro atoms. The third kappa shape index (κ3) is 5.28. The van der Waals surface area contributed by atoms with E-state index in [0.29, 0.717) is 16.9 Å². The minimum atomic E-state index is -3.71. The number of aromatic nitrogens is 1. The Morgan fingerprint density at radius 1 is 1.06 bits per heavy atom. The normalized spacial score (nSPS) is 12.2. The molecule has 0 N–H and O–H groups in total. The van der Waals surface area contributed by atoms with Crippen LogP contribution >= 0.6 is 11.3 Å². The monoisotopic (exact) mass is 503 g/mol. The van der Waals surface area contributed by atoms with Crippen LogP contribution in [0.15, 0.2) is 82.7 Å². The predicted octanol–water partition coefficient (Wildman–Crippen LogP) is 4.46. The van der Waals surface area contributed by atoms with E-state index in [1.54, 1.807) is 0 Å². The van der Waals surface area contributed by atoms with Gasteiger partial charge < -0.3 is 4.57 Å². The summed E-state index contributed by atoms with van der Waals surface area (Å²) < 4.78 is 30.1.